The molecule has 0 atom stereocenters. The molecule has 134 valence electrons. The summed E-state index contributed by atoms with van der Waals surface area (Å²) in [4.78, 5) is 29.0. The number of hydrogen-bond acceptors (Lipinski definition) is 3. The SMILES string of the molecule is O=C(C1CCC1)N1CCC2(CC1)SCC(=O)N2CCc1ccccc1. The molecule has 0 unspecified atom stereocenters. The number of hydrogen-bond donors (Lipinski definition) is 0. The highest BCUT2D eigenvalue weighted by atomic mass is 32.2. The molecule has 4 rings (SSSR count). The zero-order valence-electron chi connectivity index (χ0n) is 14.7. The molecule has 4 nitrogen and oxygen atoms in total. The molecule has 3 fully saturated rings. The highest BCUT2D eigenvalue weighted by Crippen LogP contribution is 2.45. The van der Waals surface area contributed by atoms with E-state index in [4.69, 9.17) is 0 Å². The Labute approximate surface area is 153 Å². The van der Waals surface area contributed by atoms with Crippen LogP contribution in [0.1, 0.15) is 37.7 Å². The third-order valence-corrected chi connectivity index (χ3v) is 7.59. The number of amides is 2. The molecule has 1 aliphatic carbocycles. The van der Waals surface area contributed by atoms with Crippen molar-refractivity contribution in [1.82, 2.24) is 9.80 Å². The van der Waals surface area contributed by atoms with E-state index in [0.717, 1.165) is 51.7 Å². The van der Waals surface area contributed by atoms with Crippen LogP contribution in [0.3, 0.4) is 0 Å². The van der Waals surface area contributed by atoms with Crippen molar-refractivity contribution in [3.63, 3.8) is 0 Å². The van der Waals surface area contributed by atoms with Crippen molar-refractivity contribution < 1.29 is 9.59 Å². The van der Waals surface area contributed by atoms with E-state index in [0.29, 0.717) is 11.7 Å². The predicted octanol–water partition coefficient (Wildman–Crippen LogP) is 2.92. The molecule has 0 bridgehead atoms. The molecule has 1 aromatic carbocycles. The first-order valence-electron chi connectivity index (χ1n) is 9.45. The number of rotatable bonds is 4. The van der Waals surface area contributed by atoms with Crippen molar-refractivity contribution in [3.8, 4) is 0 Å². The molecular weight excluding hydrogens is 332 g/mol. The molecule has 0 N–H and O–H groups in total. The number of nitrogens with zero attached hydrogens (tertiary/aromatic N) is 2. The zero-order chi connectivity index (χ0) is 17.3. The summed E-state index contributed by atoms with van der Waals surface area (Å²) in [6, 6.07) is 10.4. The minimum absolute atomic E-state index is 0.0811. The molecule has 2 heterocycles. The fourth-order valence-electron chi connectivity index (χ4n) is 4.20. The number of carbonyl (C=O) groups excluding carboxylic acids is 2. The second-order valence-electron chi connectivity index (χ2n) is 7.47. The van der Waals surface area contributed by atoms with Gasteiger partial charge in [0.15, 0.2) is 0 Å². The molecule has 2 aliphatic heterocycles. The van der Waals surface area contributed by atoms with Gasteiger partial charge in [0.05, 0.1) is 10.6 Å². The largest absolute Gasteiger partial charge is 0.342 e. The van der Waals surface area contributed by atoms with E-state index in [-0.39, 0.29) is 16.7 Å². The first-order chi connectivity index (χ1) is 12.2. The summed E-state index contributed by atoms with van der Waals surface area (Å²) in [5.41, 5.74) is 1.28. The molecule has 2 amide bonds. The van der Waals surface area contributed by atoms with Crippen molar-refractivity contribution >= 4 is 23.6 Å². The first kappa shape index (κ1) is 17.0. The molecule has 1 aromatic rings. The maximum atomic E-state index is 12.5. The van der Waals surface area contributed by atoms with Crippen LogP contribution in [0.25, 0.3) is 0 Å². The van der Waals surface area contributed by atoms with Gasteiger partial charge in [0.25, 0.3) is 0 Å². The van der Waals surface area contributed by atoms with Crippen molar-refractivity contribution in [1.29, 1.82) is 0 Å². The van der Waals surface area contributed by atoms with Crippen molar-refractivity contribution in [2.45, 2.75) is 43.4 Å². The number of benzene rings is 1. The zero-order valence-corrected chi connectivity index (χ0v) is 15.5. The first-order valence-corrected chi connectivity index (χ1v) is 10.4. The topological polar surface area (TPSA) is 40.6 Å². The van der Waals surface area contributed by atoms with Gasteiger partial charge in [0.2, 0.25) is 11.8 Å². The van der Waals surface area contributed by atoms with Crippen LogP contribution in [0.2, 0.25) is 0 Å². The maximum absolute atomic E-state index is 12.5. The molecule has 0 radical (unpaired) electrons. The van der Waals surface area contributed by atoms with Gasteiger partial charge in [-0.25, -0.2) is 0 Å². The lowest BCUT2D eigenvalue weighted by atomic mass is 9.84. The van der Waals surface area contributed by atoms with Gasteiger partial charge in [-0.1, -0.05) is 36.8 Å². The summed E-state index contributed by atoms with van der Waals surface area (Å²) in [5, 5.41) is 0. The minimum Gasteiger partial charge on any atom is -0.342 e. The van der Waals surface area contributed by atoms with Gasteiger partial charge in [0, 0.05) is 25.6 Å². The van der Waals surface area contributed by atoms with Gasteiger partial charge in [-0.2, -0.15) is 0 Å². The summed E-state index contributed by atoms with van der Waals surface area (Å²) in [6.45, 7) is 2.39. The summed E-state index contributed by atoms with van der Waals surface area (Å²) in [6.07, 6.45) is 6.06. The number of piperidine rings is 1. The quantitative estimate of drug-likeness (QED) is 0.831. The summed E-state index contributed by atoms with van der Waals surface area (Å²) in [5.74, 6) is 1.48. The van der Waals surface area contributed by atoms with Gasteiger partial charge in [0.1, 0.15) is 0 Å². The Hall–Kier alpha value is -1.49. The van der Waals surface area contributed by atoms with Gasteiger partial charge in [-0.05, 0) is 37.7 Å². The Morgan fingerprint density at radius 2 is 1.88 bits per heavy atom. The fourth-order valence-corrected chi connectivity index (χ4v) is 5.57. The van der Waals surface area contributed by atoms with E-state index in [1.165, 1.54) is 12.0 Å². The standard InChI is InChI=1S/C20H26N2O2S/c23-18-15-25-20(22(18)12-9-16-5-2-1-3-6-16)10-13-21(14-11-20)19(24)17-7-4-8-17/h1-3,5-6,17H,4,7-15H2. The molecule has 0 aromatic heterocycles. The van der Waals surface area contributed by atoms with Gasteiger partial charge >= 0.3 is 0 Å². The number of carbonyl (C=O) groups is 2. The average molecular weight is 359 g/mol. The number of thioether (sulfide) groups is 1. The predicted molar refractivity (Wildman–Crippen MR) is 100 cm³/mol. The van der Waals surface area contributed by atoms with E-state index in [2.05, 4.69) is 29.2 Å². The van der Waals surface area contributed by atoms with Crippen LogP contribution in [-0.2, 0) is 16.0 Å². The van der Waals surface area contributed by atoms with E-state index in [1.807, 2.05) is 11.0 Å². The second kappa shape index (κ2) is 7.02. The Kier molecular flexibility index (Phi) is 4.76. The smallest absolute Gasteiger partial charge is 0.233 e. The monoisotopic (exact) mass is 358 g/mol. The third-order valence-electron chi connectivity index (χ3n) is 6.04. The van der Waals surface area contributed by atoms with Crippen LogP contribution in [-0.4, -0.2) is 51.9 Å². The van der Waals surface area contributed by atoms with E-state index >= 15 is 0 Å². The van der Waals surface area contributed by atoms with Crippen LogP contribution in [0, 0.1) is 5.92 Å². The van der Waals surface area contributed by atoms with Crippen LogP contribution in [0.4, 0.5) is 0 Å². The Morgan fingerprint density at radius 1 is 1.16 bits per heavy atom. The molecule has 2 saturated heterocycles. The maximum Gasteiger partial charge on any atom is 0.233 e. The van der Waals surface area contributed by atoms with Crippen LogP contribution >= 0.6 is 11.8 Å². The molecule has 3 aliphatic rings. The lowest BCUT2D eigenvalue weighted by Crippen LogP contribution is -2.54. The molecular formula is C20H26N2O2S. The van der Waals surface area contributed by atoms with Crippen LogP contribution in [0.15, 0.2) is 30.3 Å². The van der Waals surface area contributed by atoms with Crippen molar-refractivity contribution in [2.24, 2.45) is 5.92 Å². The lowest BCUT2D eigenvalue weighted by Gasteiger charge is -2.45. The Morgan fingerprint density at radius 3 is 2.52 bits per heavy atom. The Balaban J connectivity index is 1.38. The highest BCUT2D eigenvalue weighted by Gasteiger charge is 2.48. The molecule has 1 spiro atoms. The molecule has 1 saturated carbocycles. The summed E-state index contributed by atoms with van der Waals surface area (Å²) >= 11 is 1.80. The summed E-state index contributed by atoms with van der Waals surface area (Å²) < 4.78 is 0. The number of likely N-dealkylation sites (tertiary alicyclic amines) is 1. The van der Waals surface area contributed by atoms with Crippen molar-refractivity contribution in [3.05, 3.63) is 35.9 Å². The minimum atomic E-state index is -0.0811. The highest BCUT2D eigenvalue weighted by molar-refractivity contribution is 8.01. The van der Waals surface area contributed by atoms with Gasteiger partial charge < -0.3 is 9.80 Å². The van der Waals surface area contributed by atoms with Crippen LogP contribution in [0.5, 0.6) is 0 Å². The van der Waals surface area contributed by atoms with Gasteiger partial charge in [-0.3, -0.25) is 9.59 Å². The third kappa shape index (κ3) is 3.31. The summed E-state index contributed by atoms with van der Waals surface area (Å²) in [7, 11) is 0. The van der Waals surface area contributed by atoms with E-state index in [9.17, 15) is 9.59 Å². The lowest BCUT2D eigenvalue weighted by molar-refractivity contribution is -0.140. The Bertz CT molecular complexity index is 636. The second-order valence-corrected chi connectivity index (χ2v) is 8.81. The molecule has 5 heteroatoms. The average Bonchev–Trinajstić information content (AvgIpc) is 2.89. The molecule has 25 heavy (non-hydrogen) atoms. The van der Waals surface area contributed by atoms with Crippen LogP contribution < -0.4 is 0 Å². The van der Waals surface area contributed by atoms with E-state index < -0.39 is 0 Å². The van der Waals surface area contributed by atoms with Crippen molar-refractivity contribution in [2.75, 3.05) is 25.4 Å². The normalized spacial score (nSPS) is 23.1. The van der Waals surface area contributed by atoms with E-state index in [1.54, 1.807) is 11.8 Å². The fraction of sp³-hybridized carbons (Fsp3) is 0.600. The van der Waals surface area contributed by atoms with Gasteiger partial charge in [-0.15, -0.1) is 11.8 Å².